The molecule has 1 heterocycles. The van der Waals surface area contributed by atoms with Gasteiger partial charge < -0.3 is 9.64 Å². The van der Waals surface area contributed by atoms with Gasteiger partial charge >= 0.3 is 6.09 Å². The van der Waals surface area contributed by atoms with E-state index in [4.69, 9.17) is 4.74 Å². The van der Waals surface area contributed by atoms with Crippen LogP contribution < -0.4 is 0 Å². The third-order valence-corrected chi connectivity index (χ3v) is 9.09. The second-order valence-electron chi connectivity index (χ2n) is 9.13. The van der Waals surface area contributed by atoms with Crippen molar-refractivity contribution in [3.05, 3.63) is 63.9 Å². The number of nitrogens with zero attached hydrogens (tertiary/aromatic N) is 1. The average molecular weight is 510 g/mol. The van der Waals surface area contributed by atoms with Gasteiger partial charge in [-0.05, 0) is 81.5 Å². The molecule has 2 aliphatic rings. The molecule has 166 valence electrons. The van der Waals surface area contributed by atoms with Crippen LogP contribution in [0.3, 0.4) is 0 Å². The predicted octanol–water partition coefficient (Wildman–Crippen LogP) is 5.21. The standard InChI is InChI=1S/C23H25BrFNO4S/c1-22(2,3)30-21(27)26-12-11-23(31(28,29)18-6-4-5-17(25)14-18)19-9-8-16(24)13-15(19)7-10-20(23)26/h4-6,8-9,13-14,20H,7,10-12H2,1-3H3. The number of aryl methyl sites for hydroxylation is 1. The van der Waals surface area contributed by atoms with Crippen LogP contribution >= 0.6 is 15.9 Å². The highest BCUT2D eigenvalue weighted by molar-refractivity contribution is 9.10. The van der Waals surface area contributed by atoms with E-state index in [0.717, 1.165) is 16.1 Å². The molecule has 1 aliphatic heterocycles. The zero-order valence-corrected chi connectivity index (χ0v) is 20.1. The molecule has 1 saturated heterocycles. The first-order valence-corrected chi connectivity index (χ1v) is 12.5. The Morgan fingerprint density at radius 1 is 1.23 bits per heavy atom. The van der Waals surface area contributed by atoms with Crippen LogP contribution in [0.1, 0.15) is 44.7 Å². The van der Waals surface area contributed by atoms with Gasteiger partial charge in [0.05, 0.1) is 10.9 Å². The van der Waals surface area contributed by atoms with Gasteiger partial charge in [-0.15, -0.1) is 0 Å². The lowest BCUT2D eigenvalue weighted by Crippen LogP contribution is -2.52. The number of rotatable bonds is 2. The minimum Gasteiger partial charge on any atom is -0.444 e. The van der Waals surface area contributed by atoms with E-state index < -0.39 is 38.1 Å². The van der Waals surface area contributed by atoms with Crippen LogP contribution in [0, 0.1) is 5.82 Å². The van der Waals surface area contributed by atoms with E-state index in [1.165, 1.54) is 18.2 Å². The molecular formula is C23H25BrFNO4S. The summed E-state index contributed by atoms with van der Waals surface area (Å²) < 4.78 is 47.3. The van der Waals surface area contributed by atoms with Gasteiger partial charge in [0.2, 0.25) is 0 Å². The van der Waals surface area contributed by atoms with Gasteiger partial charge in [0.1, 0.15) is 16.2 Å². The summed E-state index contributed by atoms with van der Waals surface area (Å²) in [6, 6.07) is 10.1. The molecule has 4 rings (SSSR count). The predicted molar refractivity (Wildman–Crippen MR) is 119 cm³/mol. The third-order valence-electron chi connectivity index (χ3n) is 6.06. The Bertz CT molecular complexity index is 1140. The number of benzene rings is 2. The van der Waals surface area contributed by atoms with Crippen LogP contribution in [0.5, 0.6) is 0 Å². The number of likely N-dealkylation sites (tertiary alicyclic amines) is 1. The molecule has 31 heavy (non-hydrogen) atoms. The van der Waals surface area contributed by atoms with Crippen molar-refractivity contribution < 1.29 is 22.3 Å². The van der Waals surface area contributed by atoms with Gasteiger partial charge in [0.15, 0.2) is 9.84 Å². The van der Waals surface area contributed by atoms with Crippen molar-refractivity contribution in [2.24, 2.45) is 0 Å². The number of fused-ring (bicyclic) bond motifs is 3. The van der Waals surface area contributed by atoms with Crippen molar-refractivity contribution in [2.75, 3.05) is 6.54 Å². The molecule has 2 unspecified atom stereocenters. The number of halogens is 2. The van der Waals surface area contributed by atoms with E-state index >= 15 is 0 Å². The highest BCUT2D eigenvalue weighted by Crippen LogP contribution is 2.53. The molecule has 0 N–H and O–H groups in total. The number of hydrogen-bond donors (Lipinski definition) is 0. The minimum absolute atomic E-state index is 0.0701. The first kappa shape index (κ1) is 22.3. The molecule has 8 heteroatoms. The van der Waals surface area contributed by atoms with E-state index in [1.807, 2.05) is 18.2 Å². The molecule has 2 aromatic rings. The van der Waals surface area contributed by atoms with Crippen molar-refractivity contribution >= 4 is 31.9 Å². The fraction of sp³-hybridized carbons (Fsp3) is 0.435. The molecule has 5 nitrogen and oxygen atoms in total. The molecule has 0 spiro atoms. The van der Waals surface area contributed by atoms with Gasteiger partial charge in [0, 0.05) is 11.0 Å². The summed E-state index contributed by atoms with van der Waals surface area (Å²) in [7, 11) is -4.02. The molecule has 0 bridgehead atoms. The quantitative estimate of drug-likeness (QED) is 0.557. The Morgan fingerprint density at radius 2 is 1.97 bits per heavy atom. The van der Waals surface area contributed by atoms with Gasteiger partial charge in [-0.1, -0.05) is 28.1 Å². The lowest BCUT2D eigenvalue weighted by atomic mass is 9.78. The van der Waals surface area contributed by atoms with Gasteiger partial charge in [0.25, 0.3) is 0 Å². The number of carbonyl (C=O) groups excluding carboxylic acids is 1. The van der Waals surface area contributed by atoms with Crippen molar-refractivity contribution in [2.45, 2.75) is 61.3 Å². The van der Waals surface area contributed by atoms with Crippen LogP contribution in [0.2, 0.25) is 0 Å². The number of hydrogen-bond acceptors (Lipinski definition) is 4. The van der Waals surface area contributed by atoms with E-state index in [9.17, 15) is 17.6 Å². The first-order chi connectivity index (χ1) is 14.5. The van der Waals surface area contributed by atoms with E-state index in [0.29, 0.717) is 18.4 Å². The van der Waals surface area contributed by atoms with Crippen molar-refractivity contribution in [3.8, 4) is 0 Å². The largest absolute Gasteiger partial charge is 0.444 e. The lowest BCUT2D eigenvalue weighted by Gasteiger charge is -2.42. The monoisotopic (exact) mass is 509 g/mol. The summed E-state index contributed by atoms with van der Waals surface area (Å²) in [6.45, 7) is 5.60. The molecular weight excluding hydrogens is 485 g/mol. The molecule has 0 saturated carbocycles. The average Bonchev–Trinajstić information content (AvgIpc) is 3.08. The maximum absolute atomic E-state index is 14.1. The maximum atomic E-state index is 14.1. The molecule has 2 aromatic carbocycles. The van der Waals surface area contributed by atoms with Gasteiger partial charge in [-0.25, -0.2) is 17.6 Å². The van der Waals surface area contributed by atoms with Crippen molar-refractivity contribution in [1.29, 1.82) is 0 Å². The number of sulfone groups is 1. The lowest BCUT2D eigenvalue weighted by molar-refractivity contribution is 0.0202. The summed E-state index contributed by atoms with van der Waals surface area (Å²) in [5.41, 5.74) is 0.917. The van der Waals surface area contributed by atoms with E-state index in [1.54, 1.807) is 25.7 Å². The fourth-order valence-corrected chi connectivity index (χ4v) is 7.69. The molecule has 0 aromatic heterocycles. The zero-order chi connectivity index (χ0) is 22.6. The highest BCUT2D eigenvalue weighted by Gasteiger charge is 2.61. The van der Waals surface area contributed by atoms with E-state index in [2.05, 4.69) is 15.9 Å². The number of amides is 1. The molecule has 1 fully saturated rings. The van der Waals surface area contributed by atoms with Gasteiger partial charge in [-0.3, -0.25) is 0 Å². The highest BCUT2D eigenvalue weighted by atomic mass is 79.9. The summed E-state index contributed by atoms with van der Waals surface area (Å²) in [5, 5.41) is 0. The van der Waals surface area contributed by atoms with Crippen molar-refractivity contribution in [1.82, 2.24) is 4.90 Å². The smallest absolute Gasteiger partial charge is 0.410 e. The molecule has 1 aliphatic carbocycles. The van der Waals surface area contributed by atoms with Crippen LogP contribution in [-0.4, -0.2) is 37.6 Å². The second-order valence-corrected chi connectivity index (χ2v) is 12.3. The molecule has 0 radical (unpaired) electrons. The molecule has 1 amide bonds. The SMILES string of the molecule is CC(C)(C)OC(=O)N1CCC2(S(=O)(=O)c3cccc(F)c3)c3ccc(Br)cc3CCC12. The Labute approximate surface area is 190 Å². The van der Waals surface area contributed by atoms with Crippen LogP contribution in [0.15, 0.2) is 51.8 Å². The first-order valence-electron chi connectivity index (χ1n) is 10.2. The summed E-state index contributed by atoms with van der Waals surface area (Å²) in [5.74, 6) is -0.608. The Balaban J connectivity index is 1.89. The van der Waals surface area contributed by atoms with Crippen molar-refractivity contribution in [3.63, 3.8) is 0 Å². The summed E-state index contributed by atoms with van der Waals surface area (Å²) in [4.78, 5) is 14.5. The topological polar surface area (TPSA) is 63.7 Å². The van der Waals surface area contributed by atoms with Gasteiger partial charge in [-0.2, -0.15) is 0 Å². The van der Waals surface area contributed by atoms with E-state index in [-0.39, 0.29) is 17.9 Å². The maximum Gasteiger partial charge on any atom is 0.410 e. The Hall–Kier alpha value is -1.93. The Kier molecular flexibility index (Phi) is 5.45. The third kappa shape index (κ3) is 3.67. The summed E-state index contributed by atoms with van der Waals surface area (Å²) >= 11 is 3.47. The van der Waals surface area contributed by atoms with Crippen LogP contribution in [0.4, 0.5) is 9.18 Å². The Morgan fingerprint density at radius 3 is 2.65 bits per heavy atom. The summed E-state index contributed by atoms with van der Waals surface area (Å²) in [6.07, 6.45) is 0.829. The minimum atomic E-state index is -4.02. The van der Waals surface area contributed by atoms with Crippen LogP contribution in [0.25, 0.3) is 0 Å². The normalized spacial score (nSPS) is 23.3. The fourth-order valence-electron chi connectivity index (χ4n) is 4.88. The second kappa shape index (κ2) is 7.59. The number of carbonyl (C=O) groups is 1. The zero-order valence-electron chi connectivity index (χ0n) is 17.7. The molecule has 2 atom stereocenters. The van der Waals surface area contributed by atoms with Crippen LogP contribution in [-0.2, 0) is 25.7 Å². The number of ether oxygens (including phenoxy) is 1.